The molecule has 0 aliphatic heterocycles. The largest absolute Gasteiger partial charge is 0.497 e. The molecular weight excluding hydrogens is 240 g/mol. The number of benzene rings is 1. The molecule has 0 saturated heterocycles. The molecule has 0 spiro atoms. The Kier molecular flexibility index (Phi) is 4.05. The van der Waals surface area contributed by atoms with Crippen molar-refractivity contribution >= 4 is 11.5 Å². The van der Waals surface area contributed by atoms with Gasteiger partial charge < -0.3 is 9.47 Å². The standard InChI is InChI=1S/C16H18O3/c1-4-19-16(17)8-7-14-11(2)9-12-5-6-13(18-3)10-15(12)14/h5-8,10H,4,9H2,1-3H3. The van der Waals surface area contributed by atoms with Crippen molar-refractivity contribution in [2.24, 2.45) is 0 Å². The van der Waals surface area contributed by atoms with Crippen LogP contribution in [0.15, 0.2) is 35.9 Å². The fourth-order valence-corrected chi connectivity index (χ4v) is 2.27. The molecule has 1 aliphatic carbocycles. The molecule has 3 heteroatoms. The zero-order valence-electron chi connectivity index (χ0n) is 11.5. The van der Waals surface area contributed by atoms with E-state index in [1.54, 1.807) is 14.0 Å². The fourth-order valence-electron chi connectivity index (χ4n) is 2.27. The summed E-state index contributed by atoms with van der Waals surface area (Å²) in [4.78, 5) is 11.4. The number of esters is 1. The maximum absolute atomic E-state index is 11.4. The third kappa shape index (κ3) is 2.87. The fraction of sp³-hybridized carbons (Fsp3) is 0.312. The first-order valence-electron chi connectivity index (χ1n) is 6.37. The number of ether oxygens (including phenoxy) is 2. The van der Waals surface area contributed by atoms with Crippen molar-refractivity contribution in [3.8, 4) is 5.75 Å². The van der Waals surface area contributed by atoms with Gasteiger partial charge >= 0.3 is 5.97 Å². The van der Waals surface area contributed by atoms with Gasteiger partial charge in [0.05, 0.1) is 13.7 Å². The van der Waals surface area contributed by atoms with E-state index < -0.39 is 0 Å². The Morgan fingerprint density at radius 2 is 2.21 bits per heavy atom. The third-order valence-corrected chi connectivity index (χ3v) is 3.20. The summed E-state index contributed by atoms with van der Waals surface area (Å²) in [5.41, 5.74) is 4.74. The third-order valence-electron chi connectivity index (χ3n) is 3.20. The highest BCUT2D eigenvalue weighted by atomic mass is 16.5. The summed E-state index contributed by atoms with van der Waals surface area (Å²) in [7, 11) is 1.65. The second-order valence-corrected chi connectivity index (χ2v) is 4.48. The van der Waals surface area contributed by atoms with Crippen LogP contribution in [0.1, 0.15) is 25.0 Å². The molecule has 0 radical (unpaired) electrons. The maximum atomic E-state index is 11.4. The van der Waals surface area contributed by atoms with E-state index >= 15 is 0 Å². The SMILES string of the molecule is CCOC(=O)C=CC1=C(C)Cc2ccc(OC)cc21. The summed E-state index contributed by atoms with van der Waals surface area (Å²) < 4.78 is 10.1. The van der Waals surface area contributed by atoms with Crippen LogP contribution < -0.4 is 4.74 Å². The Morgan fingerprint density at radius 3 is 2.89 bits per heavy atom. The lowest BCUT2D eigenvalue weighted by Gasteiger charge is -2.05. The first-order valence-corrected chi connectivity index (χ1v) is 6.37. The molecule has 0 unspecified atom stereocenters. The zero-order valence-corrected chi connectivity index (χ0v) is 11.5. The van der Waals surface area contributed by atoms with Crippen molar-refractivity contribution in [3.63, 3.8) is 0 Å². The van der Waals surface area contributed by atoms with E-state index in [1.165, 1.54) is 17.2 Å². The molecule has 3 nitrogen and oxygen atoms in total. The van der Waals surface area contributed by atoms with Crippen molar-refractivity contribution in [1.82, 2.24) is 0 Å². The predicted octanol–water partition coefficient (Wildman–Crippen LogP) is 3.14. The second kappa shape index (κ2) is 5.74. The number of allylic oxidation sites excluding steroid dienone is 3. The number of methoxy groups -OCH3 is 1. The molecule has 0 bridgehead atoms. The minimum Gasteiger partial charge on any atom is -0.497 e. The summed E-state index contributed by atoms with van der Waals surface area (Å²) >= 11 is 0. The summed E-state index contributed by atoms with van der Waals surface area (Å²) in [6.07, 6.45) is 4.23. The number of hydrogen-bond acceptors (Lipinski definition) is 3. The molecule has 1 aliphatic rings. The van der Waals surface area contributed by atoms with E-state index in [0.717, 1.165) is 23.3 Å². The van der Waals surface area contributed by atoms with Gasteiger partial charge in [-0.25, -0.2) is 4.79 Å². The van der Waals surface area contributed by atoms with Crippen molar-refractivity contribution < 1.29 is 14.3 Å². The van der Waals surface area contributed by atoms with E-state index in [0.29, 0.717) is 6.61 Å². The molecule has 0 atom stereocenters. The van der Waals surface area contributed by atoms with Crippen LogP contribution in [0.5, 0.6) is 5.75 Å². The van der Waals surface area contributed by atoms with Gasteiger partial charge in [-0.1, -0.05) is 11.6 Å². The highest BCUT2D eigenvalue weighted by Crippen LogP contribution is 2.35. The zero-order chi connectivity index (χ0) is 13.8. The highest BCUT2D eigenvalue weighted by Gasteiger charge is 2.17. The molecule has 0 fully saturated rings. The van der Waals surface area contributed by atoms with Gasteiger partial charge in [0.1, 0.15) is 5.75 Å². The van der Waals surface area contributed by atoms with Gasteiger partial charge in [-0.05, 0) is 55.2 Å². The molecule has 2 rings (SSSR count). The van der Waals surface area contributed by atoms with E-state index in [-0.39, 0.29) is 5.97 Å². The predicted molar refractivity (Wildman–Crippen MR) is 75.1 cm³/mol. The van der Waals surface area contributed by atoms with Crippen LogP contribution in [0.4, 0.5) is 0 Å². The number of rotatable bonds is 4. The van der Waals surface area contributed by atoms with Gasteiger partial charge in [-0.15, -0.1) is 0 Å². The lowest BCUT2D eigenvalue weighted by atomic mass is 10.0. The van der Waals surface area contributed by atoms with Crippen LogP contribution in [0.25, 0.3) is 5.57 Å². The minimum atomic E-state index is -0.306. The Balaban J connectivity index is 2.28. The number of fused-ring (bicyclic) bond motifs is 1. The molecule has 1 aromatic rings. The van der Waals surface area contributed by atoms with Crippen molar-refractivity contribution in [2.45, 2.75) is 20.3 Å². The molecule has 0 amide bonds. The van der Waals surface area contributed by atoms with Crippen LogP contribution in [-0.4, -0.2) is 19.7 Å². The van der Waals surface area contributed by atoms with Crippen molar-refractivity contribution in [1.29, 1.82) is 0 Å². The lowest BCUT2D eigenvalue weighted by molar-refractivity contribution is -0.137. The van der Waals surface area contributed by atoms with E-state index in [2.05, 4.69) is 13.0 Å². The van der Waals surface area contributed by atoms with Crippen molar-refractivity contribution in [2.75, 3.05) is 13.7 Å². The molecular formula is C16H18O3. The van der Waals surface area contributed by atoms with Crippen LogP contribution in [-0.2, 0) is 16.0 Å². The first kappa shape index (κ1) is 13.4. The number of carbonyl (C=O) groups is 1. The summed E-state index contributed by atoms with van der Waals surface area (Å²) in [5.74, 6) is 0.523. The number of carbonyl (C=O) groups excluding carboxylic acids is 1. The average Bonchev–Trinajstić information content (AvgIpc) is 2.71. The van der Waals surface area contributed by atoms with Crippen molar-refractivity contribution in [3.05, 3.63) is 47.1 Å². The molecule has 19 heavy (non-hydrogen) atoms. The monoisotopic (exact) mass is 258 g/mol. The molecule has 1 aromatic carbocycles. The van der Waals surface area contributed by atoms with Crippen LogP contribution in [0.3, 0.4) is 0 Å². The van der Waals surface area contributed by atoms with Crippen LogP contribution in [0, 0.1) is 0 Å². The highest BCUT2D eigenvalue weighted by molar-refractivity contribution is 5.90. The summed E-state index contributed by atoms with van der Waals surface area (Å²) in [6.45, 7) is 4.27. The Bertz CT molecular complexity index is 553. The Labute approximate surface area is 113 Å². The summed E-state index contributed by atoms with van der Waals surface area (Å²) in [5, 5.41) is 0. The second-order valence-electron chi connectivity index (χ2n) is 4.48. The molecule has 0 N–H and O–H groups in total. The van der Waals surface area contributed by atoms with E-state index in [1.807, 2.05) is 18.2 Å². The van der Waals surface area contributed by atoms with Crippen LogP contribution >= 0.6 is 0 Å². The minimum absolute atomic E-state index is 0.306. The average molecular weight is 258 g/mol. The molecule has 0 aromatic heterocycles. The summed E-state index contributed by atoms with van der Waals surface area (Å²) in [6, 6.07) is 6.05. The van der Waals surface area contributed by atoms with Gasteiger partial charge in [-0.2, -0.15) is 0 Å². The van der Waals surface area contributed by atoms with Gasteiger partial charge in [0.15, 0.2) is 0 Å². The smallest absolute Gasteiger partial charge is 0.330 e. The Morgan fingerprint density at radius 1 is 1.42 bits per heavy atom. The normalized spacial score (nSPS) is 13.8. The lowest BCUT2D eigenvalue weighted by Crippen LogP contribution is -1.99. The van der Waals surface area contributed by atoms with Gasteiger partial charge in [0.25, 0.3) is 0 Å². The molecule has 100 valence electrons. The topological polar surface area (TPSA) is 35.5 Å². The number of hydrogen-bond donors (Lipinski definition) is 0. The first-order chi connectivity index (χ1) is 9.15. The van der Waals surface area contributed by atoms with Gasteiger partial charge in [0, 0.05) is 6.08 Å². The molecule has 0 saturated carbocycles. The Hall–Kier alpha value is -2.03. The van der Waals surface area contributed by atoms with E-state index in [9.17, 15) is 4.79 Å². The van der Waals surface area contributed by atoms with Gasteiger partial charge in [-0.3, -0.25) is 0 Å². The van der Waals surface area contributed by atoms with E-state index in [4.69, 9.17) is 9.47 Å². The maximum Gasteiger partial charge on any atom is 0.330 e. The quantitative estimate of drug-likeness (QED) is 0.615. The van der Waals surface area contributed by atoms with Gasteiger partial charge in [0.2, 0.25) is 0 Å². The van der Waals surface area contributed by atoms with Crippen LogP contribution in [0.2, 0.25) is 0 Å². The molecule has 0 heterocycles.